The van der Waals surface area contributed by atoms with Gasteiger partial charge < -0.3 is 19.9 Å². The fourth-order valence-corrected chi connectivity index (χ4v) is 2.46. The summed E-state index contributed by atoms with van der Waals surface area (Å²) in [4.78, 5) is 2.33. The van der Waals surface area contributed by atoms with Crippen LogP contribution in [0.3, 0.4) is 0 Å². The van der Waals surface area contributed by atoms with Crippen molar-refractivity contribution in [2.75, 3.05) is 47.1 Å². The molecule has 1 atom stereocenters. The first-order chi connectivity index (χ1) is 9.30. The van der Waals surface area contributed by atoms with Crippen molar-refractivity contribution in [1.82, 2.24) is 4.90 Å². The van der Waals surface area contributed by atoms with Crippen molar-refractivity contribution >= 4 is 0 Å². The molecule has 1 heterocycles. The van der Waals surface area contributed by atoms with Crippen LogP contribution in [0.1, 0.15) is 11.6 Å². The van der Waals surface area contributed by atoms with Crippen molar-refractivity contribution in [3.05, 3.63) is 23.8 Å². The fraction of sp³-hybridized carbons (Fsp3) is 0.571. The van der Waals surface area contributed by atoms with E-state index in [0.29, 0.717) is 6.54 Å². The summed E-state index contributed by atoms with van der Waals surface area (Å²) in [6, 6.07) is 5.96. The monoisotopic (exact) mass is 266 g/mol. The van der Waals surface area contributed by atoms with Crippen molar-refractivity contribution in [3.8, 4) is 11.5 Å². The van der Waals surface area contributed by atoms with Gasteiger partial charge in [0, 0.05) is 25.2 Å². The normalized spacial score (nSPS) is 18.1. The first-order valence-corrected chi connectivity index (χ1v) is 6.54. The number of nitrogens with zero attached hydrogens (tertiary/aromatic N) is 1. The van der Waals surface area contributed by atoms with Gasteiger partial charge in [0.2, 0.25) is 0 Å². The number of hydrogen-bond acceptors (Lipinski definition) is 5. The third-order valence-electron chi connectivity index (χ3n) is 3.51. The molecule has 1 aromatic rings. The molecule has 1 aliphatic rings. The van der Waals surface area contributed by atoms with E-state index in [1.54, 1.807) is 14.2 Å². The predicted octanol–water partition coefficient (Wildman–Crippen LogP) is 1.04. The van der Waals surface area contributed by atoms with Crippen LogP contribution in [0.25, 0.3) is 0 Å². The summed E-state index contributed by atoms with van der Waals surface area (Å²) >= 11 is 0. The fourth-order valence-electron chi connectivity index (χ4n) is 2.46. The van der Waals surface area contributed by atoms with Crippen LogP contribution in [0.4, 0.5) is 0 Å². The largest absolute Gasteiger partial charge is 0.497 e. The van der Waals surface area contributed by atoms with E-state index in [4.69, 9.17) is 19.9 Å². The van der Waals surface area contributed by atoms with Gasteiger partial charge in [0.15, 0.2) is 0 Å². The zero-order valence-electron chi connectivity index (χ0n) is 11.6. The van der Waals surface area contributed by atoms with E-state index in [1.807, 2.05) is 18.2 Å². The van der Waals surface area contributed by atoms with E-state index in [-0.39, 0.29) is 6.04 Å². The lowest BCUT2D eigenvalue weighted by Gasteiger charge is -2.34. The highest BCUT2D eigenvalue weighted by Gasteiger charge is 2.24. The number of methoxy groups -OCH3 is 2. The number of benzene rings is 1. The Morgan fingerprint density at radius 1 is 1.26 bits per heavy atom. The van der Waals surface area contributed by atoms with E-state index >= 15 is 0 Å². The van der Waals surface area contributed by atoms with Crippen molar-refractivity contribution in [1.29, 1.82) is 0 Å². The molecule has 0 saturated carbocycles. The maximum atomic E-state index is 5.97. The van der Waals surface area contributed by atoms with Crippen LogP contribution in [-0.4, -0.2) is 52.0 Å². The summed E-state index contributed by atoms with van der Waals surface area (Å²) in [5, 5.41) is 0. The topological polar surface area (TPSA) is 57.0 Å². The Morgan fingerprint density at radius 3 is 2.58 bits per heavy atom. The van der Waals surface area contributed by atoms with E-state index < -0.39 is 0 Å². The summed E-state index contributed by atoms with van der Waals surface area (Å²) in [6.45, 7) is 3.83. The Balaban J connectivity index is 2.29. The molecule has 0 amide bonds. The molecule has 0 radical (unpaired) electrons. The van der Waals surface area contributed by atoms with E-state index in [9.17, 15) is 0 Å². The third kappa shape index (κ3) is 3.18. The van der Waals surface area contributed by atoms with Gasteiger partial charge in [0.25, 0.3) is 0 Å². The zero-order chi connectivity index (χ0) is 13.7. The summed E-state index contributed by atoms with van der Waals surface area (Å²) in [5.74, 6) is 1.67. The quantitative estimate of drug-likeness (QED) is 0.863. The van der Waals surface area contributed by atoms with Gasteiger partial charge in [-0.3, -0.25) is 4.90 Å². The van der Waals surface area contributed by atoms with E-state index in [0.717, 1.165) is 43.4 Å². The number of ether oxygens (including phenoxy) is 3. The second kappa shape index (κ2) is 6.75. The molecule has 0 spiro atoms. The Kier molecular flexibility index (Phi) is 5.01. The molecule has 0 bridgehead atoms. The second-order valence-corrected chi connectivity index (χ2v) is 4.51. The van der Waals surface area contributed by atoms with E-state index in [2.05, 4.69) is 4.90 Å². The summed E-state index contributed by atoms with van der Waals surface area (Å²) in [7, 11) is 3.34. The molecule has 1 aliphatic heterocycles. The zero-order valence-corrected chi connectivity index (χ0v) is 11.6. The molecule has 0 aromatic heterocycles. The Morgan fingerprint density at radius 2 is 2.00 bits per heavy atom. The number of nitrogens with two attached hydrogens (primary N) is 1. The maximum Gasteiger partial charge on any atom is 0.123 e. The van der Waals surface area contributed by atoms with Crippen molar-refractivity contribution in [3.63, 3.8) is 0 Å². The third-order valence-corrected chi connectivity index (χ3v) is 3.51. The highest BCUT2D eigenvalue weighted by Crippen LogP contribution is 2.32. The molecule has 5 nitrogen and oxygen atoms in total. The van der Waals surface area contributed by atoms with E-state index in [1.165, 1.54) is 0 Å². The number of morpholine rings is 1. The van der Waals surface area contributed by atoms with Crippen molar-refractivity contribution < 1.29 is 14.2 Å². The van der Waals surface area contributed by atoms with Crippen LogP contribution in [0.5, 0.6) is 11.5 Å². The molecule has 2 rings (SSSR count). The SMILES string of the molecule is COc1ccc(OC)c(C(CN)N2CCOCC2)c1. The minimum absolute atomic E-state index is 0.133. The van der Waals surface area contributed by atoms with Gasteiger partial charge in [-0.2, -0.15) is 0 Å². The van der Waals surface area contributed by atoms with Gasteiger partial charge >= 0.3 is 0 Å². The molecular formula is C14H22N2O3. The molecular weight excluding hydrogens is 244 g/mol. The average molecular weight is 266 g/mol. The van der Waals surface area contributed by atoms with Gasteiger partial charge in [-0.25, -0.2) is 0 Å². The molecule has 1 aromatic carbocycles. The smallest absolute Gasteiger partial charge is 0.123 e. The molecule has 5 heteroatoms. The van der Waals surface area contributed by atoms with Gasteiger partial charge in [-0.15, -0.1) is 0 Å². The molecule has 1 unspecified atom stereocenters. The van der Waals surface area contributed by atoms with Crippen LogP contribution in [0, 0.1) is 0 Å². The van der Waals surface area contributed by atoms with Crippen molar-refractivity contribution in [2.24, 2.45) is 5.73 Å². The predicted molar refractivity (Wildman–Crippen MR) is 73.7 cm³/mol. The number of rotatable bonds is 5. The Labute approximate surface area is 114 Å². The summed E-state index contributed by atoms with van der Waals surface area (Å²) < 4.78 is 16.1. The van der Waals surface area contributed by atoms with Crippen LogP contribution in [0.15, 0.2) is 18.2 Å². The maximum absolute atomic E-state index is 5.97. The molecule has 19 heavy (non-hydrogen) atoms. The Hall–Kier alpha value is -1.30. The highest BCUT2D eigenvalue weighted by molar-refractivity contribution is 5.42. The minimum atomic E-state index is 0.133. The van der Waals surface area contributed by atoms with Crippen LogP contribution in [-0.2, 0) is 4.74 Å². The second-order valence-electron chi connectivity index (χ2n) is 4.51. The Bertz CT molecular complexity index is 406. The standard InChI is InChI=1S/C14H22N2O3/c1-17-11-3-4-14(18-2)12(9-11)13(10-15)16-5-7-19-8-6-16/h3-4,9,13H,5-8,10,15H2,1-2H3. The first kappa shape index (κ1) is 14.1. The molecule has 2 N–H and O–H groups in total. The molecule has 0 aliphatic carbocycles. The lowest BCUT2D eigenvalue weighted by molar-refractivity contribution is 0.0174. The van der Waals surface area contributed by atoms with Gasteiger partial charge in [-0.1, -0.05) is 0 Å². The molecule has 1 saturated heterocycles. The highest BCUT2D eigenvalue weighted by atomic mass is 16.5. The lowest BCUT2D eigenvalue weighted by atomic mass is 10.0. The summed E-state index contributed by atoms with van der Waals surface area (Å²) in [5.41, 5.74) is 7.05. The van der Waals surface area contributed by atoms with Crippen molar-refractivity contribution in [2.45, 2.75) is 6.04 Å². The lowest BCUT2D eigenvalue weighted by Crippen LogP contribution is -2.41. The average Bonchev–Trinajstić information content (AvgIpc) is 2.49. The van der Waals surface area contributed by atoms with Crippen LogP contribution < -0.4 is 15.2 Å². The minimum Gasteiger partial charge on any atom is -0.497 e. The molecule has 106 valence electrons. The first-order valence-electron chi connectivity index (χ1n) is 6.54. The molecule has 1 fully saturated rings. The summed E-state index contributed by atoms with van der Waals surface area (Å²) in [6.07, 6.45) is 0. The van der Waals surface area contributed by atoms with Gasteiger partial charge in [0.05, 0.1) is 33.5 Å². The number of hydrogen-bond donors (Lipinski definition) is 1. The van der Waals surface area contributed by atoms with Gasteiger partial charge in [0.1, 0.15) is 11.5 Å². The van der Waals surface area contributed by atoms with Crippen LogP contribution in [0.2, 0.25) is 0 Å². The van der Waals surface area contributed by atoms with Crippen LogP contribution >= 0.6 is 0 Å². The van der Waals surface area contributed by atoms with Gasteiger partial charge in [-0.05, 0) is 18.2 Å².